The molecular formula is C12H16ClNO2. The monoisotopic (exact) mass is 241 g/mol. The van der Waals surface area contributed by atoms with Gasteiger partial charge in [-0.3, -0.25) is 0 Å². The molecule has 88 valence electrons. The predicted octanol–water partition coefficient (Wildman–Crippen LogP) is 2.61. The first-order chi connectivity index (χ1) is 7.53. The average Bonchev–Trinajstić information content (AvgIpc) is 2.95. The molecule has 1 aliphatic carbocycles. The number of benzene rings is 1. The highest BCUT2D eigenvalue weighted by Crippen LogP contribution is 2.52. The lowest BCUT2D eigenvalue weighted by molar-refractivity contribution is 0.348. The number of hydrogen-bond donors (Lipinski definition) is 1. The molecule has 1 aromatic rings. The topological polar surface area (TPSA) is 44.5 Å². The van der Waals surface area contributed by atoms with Crippen LogP contribution in [-0.4, -0.2) is 14.2 Å². The maximum Gasteiger partial charge on any atom is 0.179 e. The molecule has 0 bridgehead atoms. The van der Waals surface area contributed by atoms with E-state index in [0.717, 1.165) is 24.0 Å². The third kappa shape index (κ3) is 1.64. The van der Waals surface area contributed by atoms with Gasteiger partial charge in [-0.2, -0.15) is 0 Å². The molecule has 0 aliphatic heterocycles. The summed E-state index contributed by atoms with van der Waals surface area (Å²) in [5.74, 6) is 1.24. The van der Waals surface area contributed by atoms with Crippen LogP contribution >= 0.6 is 11.6 Å². The van der Waals surface area contributed by atoms with Crippen LogP contribution in [0.25, 0.3) is 0 Å². The summed E-state index contributed by atoms with van der Waals surface area (Å²) in [6, 6.07) is 1.88. The highest BCUT2D eigenvalue weighted by atomic mass is 35.5. The molecule has 1 saturated carbocycles. The minimum atomic E-state index is -0.257. The first-order valence-corrected chi connectivity index (χ1v) is 5.61. The molecule has 2 rings (SSSR count). The number of aryl methyl sites for hydroxylation is 1. The zero-order valence-electron chi connectivity index (χ0n) is 9.76. The highest BCUT2D eigenvalue weighted by molar-refractivity contribution is 6.32. The van der Waals surface area contributed by atoms with E-state index >= 15 is 0 Å². The molecule has 0 spiro atoms. The Morgan fingerprint density at radius 1 is 1.25 bits per heavy atom. The summed E-state index contributed by atoms with van der Waals surface area (Å²) in [6.07, 6.45) is 1.96. The van der Waals surface area contributed by atoms with Gasteiger partial charge in [0.25, 0.3) is 0 Å². The van der Waals surface area contributed by atoms with E-state index < -0.39 is 0 Å². The summed E-state index contributed by atoms with van der Waals surface area (Å²) in [7, 11) is 3.20. The van der Waals surface area contributed by atoms with Gasteiger partial charge in [0.15, 0.2) is 11.5 Å². The van der Waals surface area contributed by atoms with Crippen molar-refractivity contribution in [1.29, 1.82) is 0 Å². The highest BCUT2D eigenvalue weighted by Gasteiger charge is 2.44. The van der Waals surface area contributed by atoms with Crippen molar-refractivity contribution < 1.29 is 9.47 Å². The zero-order valence-corrected chi connectivity index (χ0v) is 10.5. The second-order valence-electron chi connectivity index (χ2n) is 4.27. The van der Waals surface area contributed by atoms with Crippen LogP contribution in [0.2, 0.25) is 5.02 Å². The molecule has 1 aromatic carbocycles. The van der Waals surface area contributed by atoms with Gasteiger partial charge in [0.05, 0.1) is 19.2 Å². The van der Waals surface area contributed by atoms with E-state index in [0.29, 0.717) is 16.5 Å². The van der Waals surface area contributed by atoms with Crippen molar-refractivity contribution >= 4 is 11.6 Å². The molecule has 2 N–H and O–H groups in total. The Bertz CT molecular complexity index is 428. The van der Waals surface area contributed by atoms with Gasteiger partial charge in [0.2, 0.25) is 0 Å². The quantitative estimate of drug-likeness (QED) is 0.885. The Morgan fingerprint density at radius 2 is 1.81 bits per heavy atom. The SMILES string of the molecule is COc1c(Cl)cc(C)c(C2(N)CC2)c1OC. The van der Waals surface area contributed by atoms with E-state index in [1.165, 1.54) is 0 Å². The van der Waals surface area contributed by atoms with Crippen molar-refractivity contribution in [3.05, 3.63) is 22.2 Å². The van der Waals surface area contributed by atoms with Crippen molar-refractivity contribution in [2.45, 2.75) is 25.3 Å². The van der Waals surface area contributed by atoms with Gasteiger partial charge in [0, 0.05) is 11.1 Å². The van der Waals surface area contributed by atoms with Crippen molar-refractivity contribution in [3.63, 3.8) is 0 Å². The summed E-state index contributed by atoms with van der Waals surface area (Å²) < 4.78 is 10.7. The largest absolute Gasteiger partial charge is 0.492 e. The molecule has 0 heterocycles. The standard InChI is InChI=1S/C12H16ClNO2/c1-7-6-8(13)10(15-2)11(16-3)9(7)12(14)4-5-12/h6H,4-5,14H2,1-3H3. The van der Waals surface area contributed by atoms with Crippen LogP contribution in [0, 0.1) is 6.92 Å². The van der Waals surface area contributed by atoms with Crippen molar-refractivity contribution in [1.82, 2.24) is 0 Å². The molecule has 0 saturated heterocycles. The molecule has 1 fully saturated rings. The van der Waals surface area contributed by atoms with E-state index in [2.05, 4.69) is 0 Å². The third-order valence-corrected chi connectivity index (χ3v) is 3.36. The van der Waals surface area contributed by atoms with Crippen LogP contribution < -0.4 is 15.2 Å². The Labute approximate surface area is 100 Å². The average molecular weight is 242 g/mol. The number of rotatable bonds is 3. The molecule has 0 unspecified atom stereocenters. The number of methoxy groups -OCH3 is 2. The fourth-order valence-corrected chi connectivity index (χ4v) is 2.44. The molecule has 0 amide bonds. The number of hydrogen-bond acceptors (Lipinski definition) is 3. The van der Waals surface area contributed by atoms with Crippen molar-refractivity contribution in [2.75, 3.05) is 14.2 Å². The Morgan fingerprint density at radius 3 is 2.25 bits per heavy atom. The van der Waals surface area contributed by atoms with Gasteiger partial charge in [0.1, 0.15) is 0 Å². The molecule has 0 radical (unpaired) electrons. The van der Waals surface area contributed by atoms with E-state index in [1.54, 1.807) is 14.2 Å². The lowest BCUT2D eigenvalue weighted by Gasteiger charge is -2.20. The maximum atomic E-state index is 6.24. The van der Waals surface area contributed by atoms with E-state index in [-0.39, 0.29) is 5.54 Å². The van der Waals surface area contributed by atoms with Crippen LogP contribution in [0.5, 0.6) is 11.5 Å². The van der Waals surface area contributed by atoms with Crippen molar-refractivity contribution in [3.8, 4) is 11.5 Å². The second-order valence-corrected chi connectivity index (χ2v) is 4.68. The van der Waals surface area contributed by atoms with E-state index in [4.69, 9.17) is 26.8 Å². The number of nitrogens with two attached hydrogens (primary N) is 1. The molecule has 4 heteroatoms. The molecule has 0 aromatic heterocycles. The Hall–Kier alpha value is -0.930. The first kappa shape index (κ1) is 11.6. The van der Waals surface area contributed by atoms with E-state index in [1.807, 2.05) is 13.0 Å². The second kappa shape index (κ2) is 3.82. The fourth-order valence-electron chi connectivity index (χ4n) is 2.12. The minimum absolute atomic E-state index is 0.257. The van der Waals surface area contributed by atoms with Crippen LogP contribution in [-0.2, 0) is 5.54 Å². The van der Waals surface area contributed by atoms with E-state index in [9.17, 15) is 0 Å². The van der Waals surface area contributed by atoms with Gasteiger partial charge in [-0.25, -0.2) is 0 Å². The number of ether oxygens (including phenoxy) is 2. The smallest absolute Gasteiger partial charge is 0.179 e. The third-order valence-electron chi connectivity index (χ3n) is 3.08. The lowest BCUT2D eigenvalue weighted by atomic mass is 9.98. The van der Waals surface area contributed by atoms with Gasteiger partial charge in [-0.05, 0) is 31.4 Å². The molecule has 16 heavy (non-hydrogen) atoms. The van der Waals surface area contributed by atoms with Crippen LogP contribution in [0.4, 0.5) is 0 Å². The maximum absolute atomic E-state index is 6.24. The van der Waals surface area contributed by atoms with Crippen LogP contribution in [0.15, 0.2) is 6.07 Å². The fraction of sp³-hybridized carbons (Fsp3) is 0.500. The zero-order chi connectivity index (χ0) is 11.9. The van der Waals surface area contributed by atoms with Crippen LogP contribution in [0.1, 0.15) is 24.0 Å². The van der Waals surface area contributed by atoms with Gasteiger partial charge < -0.3 is 15.2 Å². The van der Waals surface area contributed by atoms with Gasteiger partial charge >= 0.3 is 0 Å². The Balaban J connectivity index is 2.66. The minimum Gasteiger partial charge on any atom is -0.492 e. The summed E-state index contributed by atoms with van der Waals surface area (Å²) in [5.41, 5.74) is 8.07. The molecule has 3 nitrogen and oxygen atoms in total. The molecule has 1 aliphatic rings. The van der Waals surface area contributed by atoms with Crippen molar-refractivity contribution in [2.24, 2.45) is 5.73 Å². The van der Waals surface area contributed by atoms with Gasteiger partial charge in [-0.1, -0.05) is 11.6 Å². The lowest BCUT2D eigenvalue weighted by Crippen LogP contribution is -2.21. The van der Waals surface area contributed by atoms with Crippen LogP contribution in [0.3, 0.4) is 0 Å². The first-order valence-electron chi connectivity index (χ1n) is 5.24. The summed E-state index contributed by atoms with van der Waals surface area (Å²) >= 11 is 6.11. The molecule has 0 atom stereocenters. The Kier molecular flexibility index (Phi) is 2.76. The molecular weight excluding hydrogens is 226 g/mol. The number of halogens is 1. The normalized spacial score (nSPS) is 17.1. The van der Waals surface area contributed by atoms with Gasteiger partial charge in [-0.15, -0.1) is 0 Å². The summed E-state index contributed by atoms with van der Waals surface area (Å²) in [5, 5.41) is 0.560. The summed E-state index contributed by atoms with van der Waals surface area (Å²) in [6.45, 7) is 2.00. The predicted molar refractivity (Wildman–Crippen MR) is 64.4 cm³/mol. The summed E-state index contributed by atoms with van der Waals surface area (Å²) in [4.78, 5) is 0.